The maximum absolute atomic E-state index is 12.6. The van der Waals surface area contributed by atoms with Crippen molar-refractivity contribution in [2.75, 3.05) is 19.5 Å². The number of thioether (sulfide) groups is 1. The normalized spacial score (nSPS) is 11.7. The predicted molar refractivity (Wildman–Crippen MR) is 107 cm³/mol. The lowest BCUT2D eigenvalue weighted by molar-refractivity contribution is -0.115. The zero-order valence-electron chi connectivity index (χ0n) is 15.4. The number of rotatable bonds is 7. The highest BCUT2D eigenvalue weighted by Gasteiger charge is 2.19. The van der Waals surface area contributed by atoms with E-state index in [1.165, 1.54) is 11.8 Å². The molecule has 0 saturated heterocycles. The first-order valence-corrected chi connectivity index (χ1v) is 9.28. The van der Waals surface area contributed by atoms with E-state index in [1.807, 2.05) is 66.2 Å². The number of carbonyl (C=O) groups is 1. The molecule has 6 nitrogen and oxygen atoms in total. The molecule has 7 heteroatoms. The molecular weight excluding hydrogens is 362 g/mol. The van der Waals surface area contributed by atoms with Crippen molar-refractivity contribution in [1.82, 2.24) is 9.55 Å². The SMILES string of the molecule is COc1cccc(-n2ccnc2SC(C)C(=O)Nc2ccccc2OC)c1. The number of methoxy groups -OCH3 is 2. The van der Waals surface area contributed by atoms with Crippen molar-refractivity contribution < 1.29 is 14.3 Å². The van der Waals surface area contributed by atoms with E-state index >= 15 is 0 Å². The molecule has 0 bridgehead atoms. The minimum absolute atomic E-state index is 0.121. The second-order valence-electron chi connectivity index (χ2n) is 5.73. The van der Waals surface area contributed by atoms with Crippen LogP contribution in [0.5, 0.6) is 11.5 Å². The molecule has 0 spiro atoms. The maximum Gasteiger partial charge on any atom is 0.237 e. The summed E-state index contributed by atoms with van der Waals surface area (Å²) in [6, 6.07) is 15.0. The molecule has 140 valence electrons. The number of hydrogen-bond donors (Lipinski definition) is 1. The number of aromatic nitrogens is 2. The fourth-order valence-electron chi connectivity index (χ4n) is 2.53. The summed E-state index contributed by atoms with van der Waals surface area (Å²) >= 11 is 1.38. The largest absolute Gasteiger partial charge is 0.497 e. The van der Waals surface area contributed by atoms with Gasteiger partial charge in [-0.1, -0.05) is 30.0 Å². The Morgan fingerprint density at radius 3 is 2.74 bits per heavy atom. The quantitative estimate of drug-likeness (QED) is 0.625. The topological polar surface area (TPSA) is 65.4 Å². The Morgan fingerprint density at radius 2 is 1.96 bits per heavy atom. The highest BCUT2D eigenvalue weighted by atomic mass is 32.2. The number of imidazole rings is 1. The summed E-state index contributed by atoms with van der Waals surface area (Å²) in [4.78, 5) is 17.0. The van der Waals surface area contributed by atoms with Gasteiger partial charge in [0.15, 0.2) is 5.16 Å². The highest BCUT2D eigenvalue weighted by molar-refractivity contribution is 8.00. The van der Waals surface area contributed by atoms with Crippen LogP contribution >= 0.6 is 11.8 Å². The van der Waals surface area contributed by atoms with Crippen molar-refractivity contribution in [3.05, 3.63) is 60.9 Å². The molecule has 1 amide bonds. The van der Waals surface area contributed by atoms with E-state index in [2.05, 4.69) is 10.3 Å². The molecule has 1 atom stereocenters. The van der Waals surface area contributed by atoms with Crippen LogP contribution in [0, 0.1) is 0 Å². The predicted octanol–water partition coefficient (Wildman–Crippen LogP) is 4.01. The number of anilines is 1. The molecule has 0 saturated carbocycles. The lowest BCUT2D eigenvalue weighted by Gasteiger charge is -2.15. The average molecular weight is 383 g/mol. The number of benzene rings is 2. The van der Waals surface area contributed by atoms with Gasteiger partial charge in [-0.25, -0.2) is 4.98 Å². The number of nitrogens with one attached hydrogen (secondary N) is 1. The number of carbonyl (C=O) groups excluding carboxylic acids is 1. The average Bonchev–Trinajstić information content (AvgIpc) is 3.16. The van der Waals surface area contributed by atoms with Gasteiger partial charge >= 0.3 is 0 Å². The Bertz CT molecular complexity index is 926. The Labute approximate surface area is 162 Å². The first-order chi connectivity index (χ1) is 13.1. The van der Waals surface area contributed by atoms with Crippen LogP contribution in [0.3, 0.4) is 0 Å². The van der Waals surface area contributed by atoms with E-state index in [0.29, 0.717) is 11.4 Å². The number of amides is 1. The van der Waals surface area contributed by atoms with Gasteiger partial charge in [0.05, 0.1) is 30.8 Å². The summed E-state index contributed by atoms with van der Waals surface area (Å²) in [6.07, 6.45) is 3.58. The van der Waals surface area contributed by atoms with Crippen LogP contribution in [0.4, 0.5) is 5.69 Å². The van der Waals surface area contributed by atoms with Gasteiger partial charge in [0.25, 0.3) is 0 Å². The summed E-state index contributed by atoms with van der Waals surface area (Å²) < 4.78 is 12.5. The first kappa shape index (κ1) is 18.8. The van der Waals surface area contributed by atoms with E-state index in [0.717, 1.165) is 16.6 Å². The minimum atomic E-state index is -0.346. The summed E-state index contributed by atoms with van der Waals surface area (Å²) in [7, 11) is 3.21. The van der Waals surface area contributed by atoms with Gasteiger partial charge < -0.3 is 14.8 Å². The van der Waals surface area contributed by atoms with Crippen molar-refractivity contribution in [2.45, 2.75) is 17.3 Å². The third-order valence-corrected chi connectivity index (χ3v) is 5.04. The molecular formula is C20H21N3O3S. The maximum atomic E-state index is 12.6. The van der Waals surface area contributed by atoms with Crippen LogP contribution in [-0.2, 0) is 4.79 Å². The van der Waals surface area contributed by atoms with E-state index < -0.39 is 0 Å². The monoisotopic (exact) mass is 383 g/mol. The molecule has 1 aromatic heterocycles. The lowest BCUT2D eigenvalue weighted by atomic mass is 10.3. The molecule has 27 heavy (non-hydrogen) atoms. The number of para-hydroxylation sites is 2. The van der Waals surface area contributed by atoms with Gasteiger partial charge in [0.2, 0.25) is 5.91 Å². The van der Waals surface area contributed by atoms with Gasteiger partial charge in [-0.3, -0.25) is 9.36 Å². The highest BCUT2D eigenvalue weighted by Crippen LogP contribution is 2.28. The minimum Gasteiger partial charge on any atom is -0.497 e. The summed E-state index contributed by atoms with van der Waals surface area (Å²) in [5.74, 6) is 1.27. The molecule has 0 aliphatic rings. The summed E-state index contributed by atoms with van der Waals surface area (Å²) in [5.41, 5.74) is 1.57. The summed E-state index contributed by atoms with van der Waals surface area (Å²) in [5, 5.41) is 3.29. The third kappa shape index (κ3) is 4.43. The molecule has 0 aliphatic heterocycles. The molecule has 0 radical (unpaired) electrons. The standard InChI is InChI=1S/C20H21N3O3S/c1-14(19(24)22-17-9-4-5-10-18(17)26-3)27-20-21-11-12-23(20)15-7-6-8-16(13-15)25-2/h4-14H,1-3H3,(H,22,24). The molecule has 2 aromatic carbocycles. The van der Waals surface area contributed by atoms with Gasteiger partial charge in [0.1, 0.15) is 11.5 Å². The molecule has 1 N–H and O–H groups in total. The van der Waals surface area contributed by atoms with Crippen LogP contribution in [0.2, 0.25) is 0 Å². The van der Waals surface area contributed by atoms with Crippen LogP contribution in [-0.4, -0.2) is 34.9 Å². The van der Waals surface area contributed by atoms with Crippen LogP contribution in [0.25, 0.3) is 5.69 Å². The number of hydrogen-bond acceptors (Lipinski definition) is 5. The lowest BCUT2D eigenvalue weighted by Crippen LogP contribution is -2.23. The second kappa shape index (κ2) is 8.64. The zero-order chi connectivity index (χ0) is 19.2. The number of ether oxygens (including phenoxy) is 2. The van der Waals surface area contributed by atoms with Crippen LogP contribution in [0.15, 0.2) is 66.1 Å². The second-order valence-corrected chi connectivity index (χ2v) is 7.04. The van der Waals surface area contributed by atoms with Gasteiger partial charge in [-0.05, 0) is 31.2 Å². The van der Waals surface area contributed by atoms with E-state index in [-0.39, 0.29) is 11.2 Å². The molecule has 0 fully saturated rings. The number of nitrogens with zero attached hydrogens (tertiary/aromatic N) is 2. The fraction of sp³-hybridized carbons (Fsp3) is 0.200. The van der Waals surface area contributed by atoms with Crippen LogP contribution < -0.4 is 14.8 Å². The third-order valence-electron chi connectivity index (χ3n) is 3.95. The van der Waals surface area contributed by atoms with Gasteiger partial charge in [-0.15, -0.1) is 0 Å². The van der Waals surface area contributed by atoms with Crippen molar-refractivity contribution in [3.63, 3.8) is 0 Å². The van der Waals surface area contributed by atoms with E-state index in [1.54, 1.807) is 20.4 Å². The fourth-order valence-corrected chi connectivity index (χ4v) is 3.41. The first-order valence-electron chi connectivity index (χ1n) is 8.40. The summed E-state index contributed by atoms with van der Waals surface area (Å²) in [6.45, 7) is 1.85. The smallest absolute Gasteiger partial charge is 0.237 e. The molecule has 1 heterocycles. The van der Waals surface area contributed by atoms with Crippen LogP contribution in [0.1, 0.15) is 6.92 Å². The molecule has 3 aromatic rings. The van der Waals surface area contributed by atoms with Gasteiger partial charge in [0, 0.05) is 18.5 Å². The van der Waals surface area contributed by atoms with Crippen molar-refractivity contribution in [3.8, 4) is 17.2 Å². The Kier molecular flexibility index (Phi) is 6.03. The Balaban J connectivity index is 1.74. The van der Waals surface area contributed by atoms with E-state index in [4.69, 9.17) is 9.47 Å². The van der Waals surface area contributed by atoms with Crippen molar-refractivity contribution in [2.24, 2.45) is 0 Å². The van der Waals surface area contributed by atoms with Crippen molar-refractivity contribution >= 4 is 23.4 Å². The van der Waals surface area contributed by atoms with Gasteiger partial charge in [-0.2, -0.15) is 0 Å². The molecule has 1 unspecified atom stereocenters. The molecule has 0 aliphatic carbocycles. The molecule has 3 rings (SSSR count). The van der Waals surface area contributed by atoms with E-state index in [9.17, 15) is 4.79 Å². The zero-order valence-corrected chi connectivity index (χ0v) is 16.2. The Morgan fingerprint density at radius 1 is 1.15 bits per heavy atom. The van der Waals surface area contributed by atoms with Crippen molar-refractivity contribution in [1.29, 1.82) is 0 Å². The Hall–Kier alpha value is -2.93.